The number of imidazole rings is 1. The second-order valence-corrected chi connectivity index (χ2v) is 17.2. The van der Waals surface area contributed by atoms with E-state index in [1.807, 2.05) is 56.0 Å². The normalized spacial score (nSPS) is 18.7. The van der Waals surface area contributed by atoms with Gasteiger partial charge in [-0.15, -0.1) is 5.92 Å². The number of aliphatic imine (C=N–C) groups is 1. The van der Waals surface area contributed by atoms with Gasteiger partial charge in [-0.1, -0.05) is 80.4 Å². The molecule has 14 heteroatoms. The summed E-state index contributed by atoms with van der Waals surface area (Å²) in [5, 5.41) is 7.63. The number of fused-ring (bicyclic) bond motifs is 3. The predicted octanol–water partition coefficient (Wildman–Crippen LogP) is 7.90. The smallest absolute Gasteiger partial charge is 0.407 e. The summed E-state index contributed by atoms with van der Waals surface area (Å²) in [7, 11) is 4.25. The van der Waals surface area contributed by atoms with Crippen molar-refractivity contribution in [2.45, 2.75) is 70.6 Å². The Morgan fingerprint density at radius 3 is 2.38 bits per heavy atom. The summed E-state index contributed by atoms with van der Waals surface area (Å²) < 4.78 is 15.3. The number of aromatic nitrogens is 2. The molecule has 3 aliphatic heterocycles. The SMILES string of the molecule is CC#Cc1cc(-c2cnc([C@@H]3CCCN3C(=O)[C@@H](NC(=O)OC)C(C)C)[nH]2)ccc1-c1ccc2c3c(ccc2c1)N=C([C@@H]1C[C@H](COC)CN1C(=O)[C@H](NC(=O)OC)c1ccccc1)C3. The van der Waals surface area contributed by atoms with Crippen LogP contribution >= 0.6 is 0 Å². The third-order valence-electron chi connectivity index (χ3n) is 12.8. The van der Waals surface area contributed by atoms with Crippen molar-refractivity contribution in [3.63, 3.8) is 0 Å². The van der Waals surface area contributed by atoms with Crippen molar-refractivity contribution < 1.29 is 33.4 Å². The maximum absolute atomic E-state index is 14.4. The number of benzene rings is 4. The molecule has 0 bridgehead atoms. The average molecular weight is 878 g/mol. The Labute approximate surface area is 379 Å². The topological polar surface area (TPSA) is 168 Å². The fourth-order valence-electron chi connectivity index (χ4n) is 9.57. The van der Waals surface area contributed by atoms with Crippen molar-refractivity contribution in [2.75, 3.05) is 41.0 Å². The Morgan fingerprint density at radius 1 is 0.877 bits per heavy atom. The zero-order chi connectivity index (χ0) is 45.8. The highest BCUT2D eigenvalue weighted by atomic mass is 16.5. The number of nitrogens with zero attached hydrogens (tertiary/aromatic N) is 4. The molecule has 8 rings (SSSR count). The highest BCUT2D eigenvalue weighted by molar-refractivity contribution is 6.06. The number of aromatic amines is 1. The number of carbonyl (C=O) groups excluding carboxylic acids is 4. The lowest BCUT2D eigenvalue weighted by atomic mass is 9.92. The van der Waals surface area contributed by atoms with Crippen LogP contribution in [0.25, 0.3) is 33.2 Å². The number of hydrogen-bond donors (Lipinski definition) is 3. The van der Waals surface area contributed by atoms with Crippen LogP contribution in [0.2, 0.25) is 0 Å². The lowest BCUT2D eigenvalue weighted by molar-refractivity contribution is -0.135. The first-order valence-corrected chi connectivity index (χ1v) is 22.1. The Morgan fingerprint density at radius 2 is 1.65 bits per heavy atom. The second kappa shape index (κ2) is 19.4. The van der Waals surface area contributed by atoms with Gasteiger partial charge in [0.05, 0.1) is 50.5 Å². The van der Waals surface area contributed by atoms with E-state index in [2.05, 4.69) is 76.0 Å². The van der Waals surface area contributed by atoms with Gasteiger partial charge < -0.3 is 39.6 Å². The highest BCUT2D eigenvalue weighted by Crippen LogP contribution is 2.40. The number of H-pyrrole nitrogens is 1. The summed E-state index contributed by atoms with van der Waals surface area (Å²) in [5.74, 6) is 6.71. The molecule has 2 fully saturated rings. The first kappa shape index (κ1) is 44.6. The van der Waals surface area contributed by atoms with E-state index in [4.69, 9.17) is 24.2 Å². The molecule has 14 nitrogen and oxygen atoms in total. The van der Waals surface area contributed by atoms with Gasteiger partial charge in [-0.2, -0.15) is 0 Å². The molecule has 0 spiro atoms. The van der Waals surface area contributed by atoms with E-state index < -0.39 is 24.3 Å². The van der Waals surface area contributed by atoms with Gasteiger partial charge in [-0.05, 0) is 83.3 Å². The van der Waals surface area contributed by atoms with Crippen LogP contribution in [-0.4, -0.2) is 103 Å². The van der Waals surface area contributed by atoms with Crippen LogP contribution in [0.15, 0.2) is 90.1 Å². The van der Waals surface area contributed by atoms with E-state index in [1.54, 1.807) is 18.2 Å². The monoisotopic (exact) mass is 877 g/mol. The maximum Gasteiger partial charge on any atom is 0.407 e. The zero-order valence-electron chi connectivity index (χ0n) is 37.6. The van der Waals surface area contributed by atoms with E-state index in [1.165, 1.54) is 14.2 Å². The van der Waals surface area contributed by atoms with Crippen LogP contribution in [0.1, 0.15) is 74.6 Å². The molecular weight excluding hydrogens is 823 g/mol. The lowest BCUT2D eigenvalue weighted by Gasteiger charge is -2.30. The third-order valence-corrected chi connectivity index (χ3v) is 12.8. The van der Waals surface area contributed by atoms with E-state index in [-0.39, 0.29) is 35.7 Å². The number of likely N-dealkylation sites (tertiary alicyclic amines) is 2. The maximum atomic E-state index is 14.4. The van der Waals surface area contributed by atoms with Crippen molar-refractivity contribution in [1.82, 2.24) is 30.4 Å². The van der Waals surface area contributed by atoms with Crippen molar-refractivity contribution in [3.05, 3.63) is 108 Å². The minimum atomic E-state index is -0.925. The molecule has 3 aliphatic rings. The van der Waals surface area contributed by atoms with Crippen molar-refractivity contribution in [3.8, 4) is 34.2 Å². The van der Waals surface area contributed by atoms with Gasteiger partial charge in [0, 0.05) is 49.4 Å². The minimum absolute atomic E-state index is 0.102. The van der Waals surface area contributed by atoms with Crippen LogP contribution in [0.3, 0.4) is 0 Å². The van der Waals surface area contributed by atoms with Crippen LogP contribution in [0, 0.1) is 23.7 Å². The van der Waals surface area contributed by atoms with E-state index in [0.29, 0.717) is 43.9 Å². The largest absolute Gasteiger partial charge is 0.453 e. The van der Waals surface area contributed by atoms with Gasteiger partial charge in [0.25, 0.3) is 0 Å². The molecule has 336 valence electrons. The third kappa shape index (κ3) is 9.19. The number of rotatable bonds is 12. The molecule has 0 saturated carbocycles. The Kier molecular flexibility index (Phi) is 13.3. The molecule has 4 heterocycles. The van der Waals surface area contributed by atoms with E-state index in [9.17, 15) is 19.2 Å². The summed E-state index contributed by atoms with van der Waals surface area (Å²) in [6.07, 6.45) is 3.34. The van der Waals surface area contributed by atoms with Crippen LogP contribution in [0.5, 0.6) is 0 Å². The molecule has 2 saturated heterocycles. The number of ether oxygens (including phenoxy) is 3. The molecule has 0 radical (unpaired) electrons. The summed E-state index contributed by atoms with van der Waals surface area (Å²) in [6.45, 7) is 7.17. The Bertz CT molecular complexity index is 2700. The van der Waals surface area contributed by atoms with Gasteiger partial charge in [0.15, 0.2) is 0 Å². The summed E-state index contributed by atoms with van der Waals surface area (Å²) in [5.41, 5.74) is 8.19. The second-order valence-electron chi connectivity index (χ2n) is 17.2. The first-order chi connectivity index (χ1) is 31.5. The molecule has 4 amide bonds. The fourth-order valence-corrected chi connectivity index (χ4v) is 9.57. The molecule has 65 heavy (non-hydrogen) atoms. The standard InChI is InChI=1S/C51H55N7O7/c1-7-12-33-25-36(42-27-52-47(54-42)43-15-11-22-57(43)48(59)45(30(2)3)55-50(61)64-5)17-19-37(33)34-16-20-38-35(24-34)18-21-40-39(38)26-41(53-40)44-23-31(29-63-4)28-58(44)49(60)46(56-51(62)65-6)32-13-9-8-10-14-32/h8-10,13-14,16-21,24-25,27,30-31,43-46H,11,15,22-23,26,28-29H2,1-6H3,(H,52,54)(H,55,61)(H,56,62)/t31-,43-,44-,45-,46+/m0/s1. The summed E-state index contributed by atoms with van der Waals surface area (Å²) in [6, 6.07) is 23.9. The number of amides is 4. The first-order valence-electron chi connectivity index (χ1n) is 22.1. The Balaban J connectivity index is 1.03. The van der Waals surface area contributed by atoms with Crippen LogP contribution < -0.4 is 10.6 Å². The molecule has 0 aliphatic carbocycles. The Hall–Kier alpha value is -6.98. The van der Waals surface area contributed by atoms with Gasteiger partial charge in [0.2, 0.25) is 11.8 Å². The van der Waals surface area contributed by atoms with E-state index in [0.717, 1.165) is 68.5 Å². The van der Waals surface area contributed by atoms with Gasteiger partial charge in [-0.25, -0.2) is 14.6 Å². The number of alkyl carbamates (subject to hydrolysis) is 2. The molecule has 3 N–H and O–H groups in total. The number of nitrogens with one attached hydrogen (secondary N) is 3. The molecule has 5 atom stereocenters. The zero-order valence-corrected chi connectivity index (χ0v) is 37.6. The van der Waals surface area contributed by atoms with Gasteiger partial charge in [-0.3, -0.25) is 14.6 Å². The van der Waals surface area contributed by atoms with Gasteiger partial charge >= 0.3 is 12.2 Å². The fraction of sp³-hybridized carbons (Fsp3) is 0.373. The van der Waals surface area contributed by atoms with E-state index >= 15 is 0 Å². The number of carbonyl (C=O) groups is 4. The molecule has 5 aromatic rings. The number of hydrogen-bond acceptors (Lipinski definition) is 9. The van der Waals surface area contributed by atoms with Crippen molar-refractivity contribution >= 4 is 46.2 Å². The summed E-state index contributed by atoms with van der Waals surface area (Å²) >= 11 is 0. The minimum Gasteiger partial charge on any atom is -0.453 e. The van der Waals surface area contributed by atoms with Crippen molar-refractivity contribution in [2.24, 2.45) is 16.8 Å². The molecular formula is C51H55N7O7. The number of methoxy groups -OCH3 is 3. The average Bonchev–Trinajstić information content (AvgIpc) is 4.16. The predicted molar refractivity (Wildman–Crippen MR) is 248 cm³/mol. The van der Waals surface area contributed by atoms with Crippen LogP contribution in [0.4, 0.5) is 15.3 Å². The highest BCUT2D eigenvalue weighted by Gasteiger charge is 2.43. The van der Waals surface area contributed by atoms with Gasteiger partial charge in [0.1, 0.15) is 17.9 Å². The lowest BCUT2D eigenvalue weighted by Crippen LogP contribution is -2.51. The molecule has 4 aromatic carbocycles. The quantitative estimate of drug-likeness (QED) is 0.106. The van der Waals surface area contributed by atoms with Crippen molar-refractivity contribution in [1.29, 1.82) is 0 Å². The molecule has 1 aromatic heterocycles. The summed E-state index contributed by atoms with van der Waals surface area (Å²) in [4.78, 5) is 69.7. The molecule has 0 unspecified atom stereocenters. The van der Waals surface area contributed by atoms with Crippen LogP contribution in [-0.2, 0) is 30.2 Å².